The molecule has 0 atom stereocenters. The van der Waals surface area contributed by atoms with E-state index < -0.39 is 8.80 Å². The summed E-state index contributed by atoms with van der Waals surface area (Å²) in [6.07, 6.45) is 0. The zero-order valence-electron chi connectivity index (χ0n) is 7.72. The van der Waals surface area contributed by atoms with E-state index in [1.165, 1.54) is 0 Å². The van der Waals surface area contributed by atoms with E-state index in [1.54, 1.807) is 7.11 Å². The van der Waals surface area contributed by atoms with Gasteiger partial charge in [-0.05, 0) is 13.8 Å². The predicted octanol–water partition coefficient (Wildman–Crippen LogP) is 1.41. The molecule has 0 saturated carbocycles. The molecule has 11 heavy (non-hydrogen) atoms. The molecule has 0 spiro atoms. The molecule has 0 aromatic carbocycles. The van der Waals surface area contributed by atoms with Gasteiger partial charge in [0.15, 0.2) is 0 Å². The number of hydrogen-bond acceptors (Lipinski definition) is 3. The van der Waals surface area contributed by atoms with Crippen molar-refractivity contribution in [3.05, 3.63) is 6.04 Å². The second-order valence-corrected chi connectivity index (χ2v) is 4.73. The highest BCUT2D eigenvalue weighted by atomic mass is 28.4. The summed E-state index contributed by atoms with van der Waals surface area (Å²) < 4.78 is 16.0. The summed E-state index contributed by atoms with van der Waals surface area (Å²) in [6.45, 7) is 7.03. The Morgan fingerprint density at radius 1 is 1.18 bits per heavy atom. The lowest BCUT2D eigenvalue weighted by atomic mass is 10.9. The SMILES string of the molecule is C[CH][Si](OC)(OCC)OCC. The summed E-state index contributed by atoms with van der Waals surface area (Å²) in [6, 6.07) is 1.89. The Balaban J connectivity index is 3.96. The van der Waals surface area contributed by atoms with Gasteiger partial charge in [-0.3, -0.25) is 0 Å². The van der Waals surface area contributed by atoms with Crippen molar-refractivity contribution >= 4 is 8.80 Å². The van der Waals surface area contributed by atoms with Crippen molar-refractivity contribution in [2.45, 2.75) is 20.8 Å². The van der Waals surface area contributed by atoms with Crippen LogP contribution in [0.15, 0.2) is 0 Å². The molecule has 0 aliphatic carbocycles. The van der Waals surface area contributed by atoms with Crippen molar-refractivity contribution in [1.82, 2.24) is 0 Å². The molecule has 0 aliphatic rings. The molecule has 0 fully saturated rings. The van der Waals surface area contributed by atoms with Crippen LogP contribution in [0.25, 0.3) is 0 Å². The zero-order chi connectivity index (χ0) is 8.74. The second-order valence-electron chi connectivity index (χ2n) is 1.96. The highest BCUT2D eigenvalue weighted by Gasteiger charge is 2.37. The fraction of sp³-hybridized carbons (Fsp3) is 0.857. The second kappa shape index (κ2) is 5.71. The van der Waals surface area contributed by atoms with Crippen LogP contribution in [-0.2, 0) is 13.3 Å². The van der Waals surface area contributed by atoms with Gasteiger partial charge in [-0.25, -0.2) is 0 Å². The molecule has 4 heteroatoms. The first-order chi connectivity index (χ1) is 5.24. The molecule has 3 nitrogen and oxygen atoms in total. The molecular weight excluding hydrogens is 160 g/mol. The van der Waals surface area contributed by atoms with E-state index in [2.05, 4.69) is 0 Å². The maximum absolute atomic E-state index is 5.41. The summed E-state index contributed by atoms with van der Waals surface area (Å²) in [4.78, 5) is 0. The van der Waals surface area contributed by atoms with Crippen LogP contribution in [0.2, 0.25) is 0 Å². The van der Waals surface area contributed by atoms with Crippen molar-refractivity contribution in [2.24, 2.45) is 0 Å². The quantitative estimate of drug-likeness (QED) is 0.574. The molecule has 0 unspecified atom stereocenters. The van der Waals surface area contributed by atoms with E-state index in [4.69, 9.17) is 13.3 Å². The van der Waals surface area contributed by atoms with Crippen molar-refractivity contribution in [3.63, 3.8) is 0 Å². The average molecular weight is 177 g/mol. The minimum atomic E-state index is -2.37. The monoisotopic (exact) mass is 177 g/mol. The van der Waals surface area contributed by atoms with Gasteiger partial charge in [-0.15, -0.1) is 0 Å². The predicted molar refractivity (Wildman–Crippen MR) is 46.0 cm³/mol. The van der Waals surface area contributed by atoms with Gasteiger partial charge in [0, 0.05) is 26.4 Å². The Hall–Kier alpha value is 0.0969. The Morgan fingerprint density at radius 2 is 1.64 bits per heavy atom. The normalized spacial score (nSPS) is 12.0. The Kier molecular flexibility index (Phi) is 5.76. The van der Waals surface area contributed by atoms with Crippen LogP contribution in [0.5, 0.6) is 0 Å². The van der Waals surface area contributed by atoms with E-state index in [-0.39, 0.29) is 0 Å². The first-order valence-corrected chi connectivity index (χ1v) is 5.68. The lowest BCUT2D eigenvalue weighted by molar-refractivity contribution is 0.0954. The first-order valence-electron chi connectivity index (χ1n) is 3.88. The van der Waals surface area contributed by atoms with Gasteiger partial charge in [0.1, 0.15) is 0 Å². The molecular formula is C7H17O3Si. The van der Waals surface area contributed by atoms with E-state index in [0.717, 1.165) is 0 Å². The smallest absolute Gasteiger partial charge is 0.377 e. The summed E-state index contributed by atoms with van der Waals surface area (Å²) in [5.74, 6) is 0. The van der Waals surface area contributed by atoms with Crippen LogP contribution in [0, 0.1) is 6.04 Å². The van der Waals surface area contributed by atoms with E-state index in [9.17, 15) is 0 Å². The van der Waals surface area contributed by atoms with Crippen molar-refractivity contribution in [2.75, 3.05) is 20.3 Å². The van der Waals surface area contributed by atoms with E-state index in [1.807, 2.05) is 26.8 Å². The van der Waals surface area contributed by atoms with Crippen LogP contribution in [0.3, 0.4) is 0 Å². The third-order valence-corrected chi connectivity index (χ3v) is 3.99. The third kappa shape index (κ3) is 3.33. The molecule has 0 aliphatic heterocycles. The minimum Gasteiger partial charge on any atom is -0.377 e. The molecule has 0 N–H and O–H groups in total. The Morgan fingerprint density at radius 3 is 1.82 bits per heavy atom. The van der Waals surface area contributed by atoms with Crippen LogP contribution >= 0.6 is 0 Å². The van der Waals surface area contributed by atoms with E-state index >= 15 is 0 Å². The molecule has 0 aromatic heterocycles. The maximum Gasteiger partial charge on any atom is 0.503 e. The molecule has 0 aromatic rings. The molecule has 0 heterocycles. The number of rotatable bonds is 6. The first kappa shape index (κ1) is 11.1. The summed E-state index contributed by atoms with van der Waals surface area (Å²) in [7, 11) is -0.746. The van der Waals surface area contributed by atoms with Crippen molar-refractivity contribution in [1.29, 1.82) is 0 Å². The van der Waals surface area contributed by atoms with Crippen LogP contribution in [-0.4, -0.2) is 29.1 Å². The van der Waals surface area contributed by atoms with Gasteiger partial charge in [0.05, 0.1) is 0 Å². The summed E-state index contributed by atoms with van der Waals surface area (Å²) >= 11 is 0. The average Bonchev–Trinajstić information content (AvgIpc) is 2.04. The molecule has 1 radical (unpaired) electrons. The van der Waals surface area contributed by atoms with Crippen LogP contribution < -0.4 is 0 Å². The maximum atomic E-state index is 5.41. The van der Waals surface area contributed by atoms with Crippen LogP contribution in [0.4, 0.5) is 0 Å². The van der Waals surface area contributed by atoms with Gasteiger partial charge in [-0.1, -0.05) is 6.92 Å². The van der Waals surface area contributed by atoms with Crippen LogP contribution in [0.1, 0.15) is 20.8 Å². The molecule has 0 rings (SSSR count). The summed E-state index contributed by atoms with van der Waals surface area (Å²) in [5, 5.41) is 0. The van der Waals surface area contributed by atoms with E-state index in [0.29, 0.717) is 13.2 Å². The van der Waals surface area contributed by atoms with Gasteiger partial charge in [0.25, 0.3) is 0 Å². The lowest BCUT2D eigenvalue weighted by Gasteiger charge is -2.25. The molecule has 67 valence electrons. The van der Waals surface area contributed by atoms with Gasteiger partial charge < -0.3 is 13.3 Å². The fourth-order valence-electron chi connectivity index (χ4n) is 0.846. The fourth-order valence-corrected chi connectivity index (χ4v) is 2.54. The number of hydrogen-bond donors (Lipinski definition) is 0. The van der Waals surface area contributed by atoms with Crippen molar-refractivity contribution < 1.29 is 13.3 Å². The van der Waals surface area contributed by atoms with Crippen molar-refractivity contribution in [3.8, 4) is 0 Å². The topological polar surface area (TPSA) is 27.7 Å². The largest absolute Gasteiger partial charge is 0.503 e. The van der Waals surface area contributed by atoms with Gasteiger partial charge in [0.2, 0.25) is 0 Å². The molecule has 0 bridgehead atoms. The van der Waals surface area contributed by atoms with Gasteiger partial charge in [-0.2, -0.15) is 0 Å². The molecule has 0 saturated heterocycles. The Labute approximate surface area is 70.0 Å². The minimum absolute atomic E-state index is 0.629. The third-order valence-electron chi connectivity index (χ3n) is 1.33. The zero-order valence-corrected chi connectivity index (χ0v) is 8.72. The highest BCUT2D eigenvalue weighted by molar-refractivity contribution is 6.64. The standard InChI is InChI=1S/C7H17O3Si/c1-5-9-11(7-3,8-4)10-6-2/h7H,5-6H2,1-4H3. The molecule has 0 amide bonds. The lowest BCUT2D eigenvalue weighted by Crippen LogP contribution is -2.45. The van der Waals surface area contributed by atoms with Gasteiger partial charge >= 0.3 is 8.80 Å². The summed E-state index contributed by atoms with van der Waals surface area (Å²) in [5.41, 5.74) is 0. The highest BCUT2D eigenvalue weighted by Crippen LogP contribution is 2.11. The Bertz CT molecular complexity index is 85.7.